The molecule has 0 heterocycles. The molecule has 0 aliphatic carbocycles. The predicted molar refractivity (Wildman–Crippen MR) is 236 cm³/mol. The van der Waals surface area contributed by atoms with Crippen LogP contribution in [0, 0.1) is 0 Å². The third-order valence-corrected chi connectivity index (χ3v) is 9.64. The minimum Gasteiger partial charge on any atom is -0.756 e. The normalized spacial score (nSPS) is 14.4. The molecular formula is C47H80NO8P. The zero-order chi connectivity index (χ0) is 42.1. The summed E-state index contributed by atoms with van der Waals surface area (Å²) in [7, 11) is 1.09. The highest BCUT2D eigenvalue weighted by Gasteiger charge is 2.21. The molecule has 0 radical (unpaired) electrons. The molecule has 2 atom stereocenters. The molecule has 0 fully saturated rings. The van der Waals surface area contributed by atoms with Crippen molar-refractivity contribution in [1.29, 1.82) is 0 Å². The van der Waals surface area contributed by atoms with Crippen LogP contribution in [-0.4, -0.2) is 70.0 Å². The van der Waals surface area contributed by atoms with E-state index in [1.54, 1.807) is 0 Å². The minimum absolute atomic E-state index is 0.0532. The van der Waals surface area contributed by atoms with Crippen LogP contribution < -0.4 is 4.89 Å². The molecule has 0 aliphatic rings. The molecule has 2 unspecified atom stereocenters. The average molecular weight is 818 g/mol. The van der Waals surface area contributed by atoms with Crippen LogP contribution in [0.1, 0.15) is 149 Å². The van der Waals surface area contributed by atoms with Gasteiger partial charge in [-0.25, -0.2) is 0 Å². The van der Waals surface area contributed by atoms with Crippen LogP contribution in [-0.2, 0) is 32.7 Å². The van der Waals surface area contributed by atoms with E-state index in [0.717, 1.165) is 51.4 Å². The molecular weight excluding hydrogens is 737 g/mol. The molecule has 0 bridgehead atoms. The van der Waals surface area contributed by atoms with E-state index in [-0.39, 0.29) is 26.1 Å². The summed E-state index contributed by atoms with van der Waals surface area (Å²) in [4.78, 5) is 37.4. The molecule has 0 aliphatic heterocycles. The van der Waals surface area contributed by atoms with E-state index in [1.807, 2.05) is 39.4 Å². The molecule has 0 amide bonds. The van der Waals surface area contributed by atoms with Gasteiger partial charge in [-0.3, -0.25) is 14.2 Å². The van der Waals surface area contributed by atoms with Gasteiger partial charge in [0.05, 0.1) is 27.7 Å². The van der Waals surface area contributed by atoms with E-state index in [4.69, 9.17) is 18.5 Å². The van der Waals surface area contributed by atoms with Gasteiger partial charge in [0, 0.05) is 12.8 Å². The van der Waals surface area contributed by atoms with E-state index in [2.05, 4.69) is 80.7 Å². The summed E-state index contributed by atoms with van der Waals surface area (Å²) in [6.07, 6.45) is 49.3. The van der Waals surface area contributed by atoms with E-state index in [1.165, 1.54) is 57.8 Å². The van der Waals surface area contributed by atoms with E-state index < -0.39 is 32.5 Å². The van der Waals surface area contributed by atoms with Gasteiger partial charge in [-0.05, 0) is 64.2 Å². The fraction of sp³-hybridized carbons (Fsp3) is 0.660. The van der Waals surface area contributed by atoms with Gasteiger partial charge < -0.3 is 27.9 Å². The highest BCUT2D eigenvalue weighted by atomic mass is 31.2. The van der Waals surface area contributed by atoms with Crippen LogP contribution in [0.4, 0.5) is 0 Å². The third-order valence-electron chi connectivity index (χ3n) is 8.68. The third kappa shape index (κ3) is 42.6. The van der Waals surface area contributed by atoms with Gasteiger partial charge in [0.1, 0.15) is 19.8 Å². The molecule has 0 aromatic rings. The number of ether oxygens (including phenoxy) is 2. The topological polar surface area (TPSA) is 111 Å². The van der Waals surface area contributed by atoms with Crippen molar-refractivity contribution in [1.82, 2.24) is 0 Å². The Kier molecular flexibility index (Phi) is 36.8. The van der Waals surface area contributed by atoms with Gasteiger partial charge in [-0.15, -0.1) is 0 Å². The Balaban J connectivity index is 4.56. The van der Waals surface area contributed by atoms with Gasteiger partial charge in [-0.2, -0.15) is 0 Å². The zero-order valence-electron chi connectivity index (χ0n) is 36.5. The first-order chi connectivity index (χ1) is 27.5. The molecule has 10 heteroatoms. The number of hydrogen-bond acceptors (Lipinski definition) is 8. The van der Waals surface area contributed by atoms with Crippen molar-refractivity contribution < 1.29 is 42.1 Å². The summed E-state index contributed by atoms with van der Waals surface area (Å²) in [5.74, 6) is -0.997. The molecule has 57 heavy (non-hydrogen) atoms. The number of likely N-dealkylation sites (N-methyl/N-ethyl adjacent to an activating group) is 1. The Morgan fingerprint density at radius 3 is 1.51 bits per heavy atom. The number of nitrogens with zero attached hydrogens (tertiary/aromatic N) is 1. The van der Waals surface area contributed by atoms with Crippen molar-refractivity contribution in [3.05, 3.63) is 85.1 Å². The van der Waals surface area contributed by atoms with Crippen molar-refractivity contribution in [2.24, 2.45) is 0 Å². The Labute approximate surface area is 348 Å². The van der Waals surface area contributed by atoms with Crippen LogP contribution in [0.3, 0.4) is 0 Å². The van der Waals surface area contributed by atoms with Crippen molar-refractivity contribution in [3.63, 3.8) is 0 Å². The van der Waals surface area contributed by atoms with Gasteiger partial charge in [0.25, 0.3) is 7.82 Å². The van der Waals surface area contributed by atoms with E-state index in [9.17, 15) is 19.0 Å². The molecule has 0 saturated heterocycles. The number of phosphoric acid groups is 1. The smallest absolute Gasteiger partial charge is 0.306 e. The molecule has 0 N–H and O–H groups in total. The first-order valence-electron chi connectivity index (χ1n) is 21.8. The summed E-state index contributed by atoms with van der Waals surface area (Å²) in [6, 6.07) is 0. The van der Waals surface area contributed by atoms with Crippen LogP contribution >= 0.6 is 7.82 Å². The lowest BCUT2D eigenvalue weighted by molar-refractivity contribution is -0.870. The lowest BCUT2D eigenvalue weighted by Gasteiger charge is -2.28. The summed E-state index contributed by atoms with van der Waals surface area (Å²) < 4.78 is 33.7. The van der Waals surface area contributed by atoms with Crippen molar-refractivity contribution in [3.8, 4) is 0 Å². The quantitative estimate of drug-likeness (QED) is 0.0199. The summed E-state index contributed by atoms with van der Waals surface area (Å²) >= 11 is 0. The highest BCUT2D eigenvalue weighted by molar-refractivity contribution is 7.45. The summed E-state index contributed by atoms with van der Waals surface area (Å²) in [5, 5.41) is 0. The largest absolute Gasteiger partial charge is 0.756 e. The Bertz CT molecular complexity index is 1240. The predicted octanol–water partition coefficient (Wildman–Crippen LogP) is 11.8. The first-order valence-corrected chi connectivity index (χ1v) is 23.3. The van der Waals surface area contributed by atoms with Crippen molar-refractivity contribution in [2.45, 2.75) is 155 Å². The number of unbranched alkanes of at least 4 members (excludes halogenated alkanes) is 10. The molecule has 0 aromatic carbocycles. The number of rotatable bonds is 38. The number of allylic oxidation sites excluding steroid dienone is 14. The first kappa shape index (κ1) is 54.2. The van der Waals surface area contributed by atoms with Crippen LogP contribution in [0.25, 0.3) is 0 Å². The molecule has 0 saturated carbocycles. The molecule has 0 spiro atoms. The summed E-state index contributed by atoms with van der Waals surface area (Å²) in [6.45, 7) is 3.96. The lowest BCUT2D eigenvalue weighted by atomic mass is 10.1. The average Bonchev–Trinajstić information content (AvgIpc) is 3.16. The standard InChI is InChI=1S/C47H80NO8P/c1-6-8-10-12-14-16-18-20-22-23-24-25-26-28-30-32-34-36-38-40-47(50)56-45(44-55-57(51,52)54-42-41-48(3,4)5)43-53-46(49)39-37-35-33-31-29-27-21-19-17-15-13-11-9-7-2/h8,10,14,16,20,22,24-25,28,30,33-36,45H,6-7,9,11-13,15,17-19,21,23,26-27,29,31-32,37-44H2,1-5H3/b10-8-,16-14-,22-20-,25-24-,30-28-,35-33-,36-34-. The SMILES string of the molecule is CC/C=C\C/C=C\C/C=C\C/C=C\C/C=C\C/C=C\CCC(=O)OC(COC(=O)CC/C=C\CCCCCCCCCCCC)COP(=O)([O-])OCC[N+](C)(C)C. The highest BCUT2D eigenvalue weighted by Crippen LogP contribution is 2.38. The van der Waals surface area contributed by atoms with E-state index in [0.29, 0.717) is 23.9 Å². The van der Waals surface area contributed by atoms with E-state index >= 15 is 0 Å². The second-order valence-corrected chi connectivity index (χ2v) is 16.7. The number of carbonyl (C=O) groups excluding carboxylic acids is 2. The number of esters is 2. The Morgan fingerprint density at radius 1 is 0.561 bits per heavy atom. The van der Waals surface area contributed by atoms with Gasteiger partial charge in [0.2, 0.25) is 0 Å². The van der Waals surface area contributed by atoms with Crippen LogP contribution in [0.15, 0.2) is 85.1 Å². The molecule has 0 aromatic heterocycles. The maximum Gasteiger partial charge on any atom is 0.306 e. The summed E-state index contributed by atoms with van der Waals surface area (Å²) in [5.41, 5.74) is 0. The van der Waals surface area contributed by atoms with Crippen molar-refractivity contribution >= 4 is 19.8 Å². The lowest BCUT2D eigenvalue weighted by Crippen LogP contribution is -2.37. The number of phosphoric ester groups is 1. The van der Waals surface area contributed by atoms with Crippen molar-refractivity contribution in [2.75, 3.05) is 47.5 Å². The second-order valence-electron chi connectivity index (χ2n) is 15.3. The van der Waals surface area contributed by atoms with Gasteiger partial charge in [-0.1, -0.05) is 157 Å². The molecule has 9 nitrogen and oxygen atoms in total. The molecule has 326 valence electrons. The number of carbonyl (C=O) groups is 2. The van der Waals surface area contributed by atoms with Crippen LogP contribution in [0.5, 0.6) is 0 Å². The Morgan fingerprint density at radius 2 is 1.00 bits per heavy atom. The fourth-order valence-corrected chi connectivity index (χ4v) is 6.01. The molecule has 0 rings (SSSR count). The fourth-order valence-electron chi connectivity index (χ4n) is 5.28. The van der Waals surface area contributed by atoms with Gasteiger partial charge >= 0.3 is 11.9 Å². The number of quaternary nitrogens is 1. The maximum absolute atomic E-state index is 12.6. The van der Waals surface area contributed by atoms with Crippen LogP contribution in [0.2, 0.25) is 0 Å². The number of hydrogen-bond donors (Lipinski definition) is 0. The zero-order valence-corrected chi connectivity index (χ0v) is 37.4. The monoisotopic (exact) mass is 818 g/mol. The minimum atomic E-state index is -4.66. The Hall–Kier alpha value is -2.81. The van der Waals surface area contributed by atoms with Gasteiger partial charge in [0.15, 0.2) is 6.10 Å². The second kappa shape index (κ2) is 38.7. The maximum atomic E-state index is 12.6.